The molecule has 0 radical (unpaired) electrons. The summed E-state index contributed by atoms with van der Waals surface area (Å²) in [5.74, 6) is 0.218. The summed E-state index contributed by atoms with van der Waals surface area (Å²) < 4.78 is 38.6. The summed E-state index contributed by atoms with van der Waals surface area (Å²) in [6.45, 7) is 2.50. The van der Waals surface area contributed by atoms with Crippen LogP contribution < -0.4 is 5.32 Å². The molecule has 20 heavy (non-hydrogen) atoms. The highest BCUT2D eigenvalue weighted by Crippen LogP contribution is 2.34. The van der Waals surface area contributed by atoms with Gasteiger partial charge in [0.1, 0.15) is 10.8 Å². The number of rotatable bonds is 5. The molecular formula is C12H13F3N4S. The predicted octanol–water partition coefficient (Wildman–Crippen LogP) is 3.80. The minimum atomic E-state index is -4.40. The number of hydrogen-bond donors (Lipinski definition) is 2. The van der Waals surface area contributed by atoms with Gasteiger partial charge in [-0.15, -0.1) is 0 Å². The van der Waals surface area contributed by atoms with Crippen molar-refractivity contribution in [2.24, 2.45) is 0 Å². The summed E-state index contributed by atoms with van der Waals surface area (Å²) in [7, 11) is 0. The Kier molecular flexibility index (Phi) is 4.53. The van der Waals surface area contributed by atoms with E-state index in [1.54, 1.807) is 6.20 Å². The fourth-order valence-electron chi connectivity index (χ4n) is 1.47. The van der Waals surface area contributed by atoms with E-state index in [1.807, 2.05) is 6.92 Å². The van der Waals surface area contributed by atoms with Crippen LogP contribution in [0.5, 0.6) is 0 Å². The maximum absolute atomic E-state index is 12.9. The Morgan fingerprint density at radius 2 is 2.15 bits per heavy atom. The van der Waals surface area contributed by atoms with Crippen molar-refractivity contribution in [3.05, 3.63) is 30.1 Å². The average molecular weight is 302 g/mol. The number of nitrogens with zero attached hydrogens (tertiary/aromatic N) is 2. The van der Waals surface area contributed by atoms with Crippen LogP contribution >= 0.6 is 11.8 Å². The fraction of sp³-hybridized carbons (Fsp3) is 0.333. The molecule has 0 aliphatic rings. The normalized spacial score (nSPS) is 11.6. The molecule has 2 aromatic rings. The maximum atomic E-state index is 12.9. The van der Waals surface area contributed by atoms with Gasteiger partial charge in [0.05, 0.1) is 5.56 Å². The molecule has 2 N–H and O–H groups in total. The maximum Gasteiger partial charge on any atom is 0.416 e. The first kappa shape index (κ1) is 14.7. The summed E-state index contributed by atoms with van der Waals surface area (Å²) >= 11 is 1.05. The molecule has 0 atom stereocenters. The number of nitrogens with one attached hydrogen (secondary N) is 2. The minimum Gasteiger partial charge on any atom is -0.370 e. The number of anilines is 1. The molecule has 0 aliphatic heterocycles. The lowest BCUT2D eigenvalue weighted by atomic mass is 10.2. The average Bonchev–Trinajstić information content (AvgIpc) is 2.88. The van der Waals surface area contributed by atoms with Gasteiger partial charge in [-0.2, -0.15) is 13.2 Å². The number of H-pyrrole nitrogens is 1. The summed E-state index contributed by atoms with van der Waals surface area (Å²) in [6.07, 6.45) is -0.457. The molecule has 0 saturated carbocycles. The predicted molar refractivity (Wildman–Crippen MR) is 70.7 cm³/mol. The lowest BCUT2D eigenvalue weighted by Crippen LogP contribution is -2.09. The van der Waals surface area contributed by atoms with Gasteiger partial charge in [-0.3, -0.25) is 0 Å². The Morgan fingerprint density at radius 3 is 2.75 bits per heavy atom. The minimum absolute atomic E-state index is 0.218. The molecule has 0 aromatic carbocycles. The third kappa shape index (κ3) is 3.89. The van der Waals surface area contributed by atoms with E-state index in [2.05, 4.69) is 20.3 Å². The number of halogens is 3. The van der Waals surface area contributed by atoms with E-state index >= 15 is 0 Å². The van der Waals surface area contributed by atoms with Gasteiger partial charge in [0.25, 0.3) is 0 Å². The van der Waals surface area contributed by atoms with Crippen LogP contribution in [0, 0.1) is 0 Å². The highest BCUT2D eigenvalue weighted by atomic mass is 32.2. The molecule has 0 bridgehead atoms. The molecule has 0 spiro atoms. The van der Waals surface area contributed by atoms with E-state index in [1.165, 1.54) is 6.20 Å². The molecular weight excluding hydrogens is 289 g/mol. The zero-order valence-electron chi connectivity index (χ0n) is 10.7. The molecule has 0 fully saturated rings. The second kappa shape index (κ2) is 6.17. The van der Waals surface area contributed by atoms with Crippen LogP contribution in [0.4, 0.5) is 19.0 Å². The summed E-state index contributed by atoms with van der Waals surface area (Å²) in [4.78, 5) is 10.9. The van der Waals surface area contributed by atoms with E-state index in [0.29, 0.717) is 11.7 Å². The zero-order valence-corrected chi connectivity index (χ0v) is 11.5. The Hall–Kier alpha value is -1.70. The zero-order chi connectivity index (χ0) is 14.6. The molecule has 2 rings (SSSR count). The smallest absolute Gasteiger partial charge is 0.370 e. The third-order valence-electron chi connectivity index (χ3n) is 2.36. The van der Waals surface area contributed by atoms with Gasteiger partial charge in [0, 0.05) is 18.9 Å². The number of imidazole rings is 1. The summed E-state index contributed by atoms with van der Waals surface area (Å²) in [5.41, 5.74) is -0.722. The van der Waals surface area contributed by atoms with Crippen LogP contribution in [0.3, 0.4) is 0 Å². The van der Waals surface area contributed by atoms with E-state index in [9.17, 15) is 13.2 Å². The Bertz CT molecular complexity index is 554. The second-order valence-electron chi connectivity index (χ2n) is 4.00. The number of hydrogen-bond acceptors (Lipinski definition) is 4. The van der Waals surface area contributed by atoms with Crippen molar-refractivity contribution in [2.45, 2.75) is 29.7 Å². The number of pyridine rings is 1. The van der Waals surface area contributed by atoms with Crippen molar-refractivity contribution in [1.82, 2.24) is 15.0 Å². The van der Waals surface area contributed by atoms with Crippen molar-refractivity contribution >= 4 is 17.6 Å². The highest BCUT2D eigenvalue weighted by molar-refractivity contribution is 7.99. The van der Waals surface area contributed by atoms with Crippen molar-refractivity contribution in [2.75, 3.05) is 11.9 Å². The Morgan fingerprint density at radius 1 is 1.35 bits per heavy atom. The topological polar surface area (TPSA) is 53.6 Å². The SMILES string of the molecule is CCCNc1cc(C(F)(F)F)cc(Sc2ncc[nH]2)n1. The van der Waals surface area contributed by atoms with Crippen molar-refractivity contribution < 1.29 is 13.2 Å². The number of aromatic amines is 1. The van der Waals surface area contributed by atoms with Crippen LogP contribution in [0.15, 0.2) is 34.7 Å². The van der Waals surface area contributed by atoms with Crippen molar-refractivity contribution in [3.63, 3.8) is 0 Å². The van der Waals surface area contributed by atoms with Crippen LogP contribution in [-0.4, -0.2) is 21.5 Å². The van der Waals surface area contributed by atoms with Gasteiger partial charge in [0.2, 0.25) is 0 Å². The van der Waals surface area contributed by atoms with Gasteiger partial charge in [-0.05, 0) is 30.3 Å². The molecule has 2 heterocycles. The molecule has 4 nitrogen and oxygen atoms in total. The van der Waals surface area contributed by atoms with Crippen LogP contribution in [-0.2, 0) is 6.18 Å². The molecule has 0 unspecified atom stereocenters. The van der Waals surface area contributed by atoms with E-state index in [0.717, 1.165) is 30.3 Å². The largest absolute Gasteiger partial charge is 0.416 e. The summed E-state index contributed by atoms with van der Waals surface area (Å²) in [6, 6.07) is 2.03. The lowest BCUT2D eigenvalue weighted by molar-refractivity contribution is -0.137. The van der Waals surface area contributed by atoms with Crippen molar-refractivity contribution in [3.8, 4) is 0 Å². The first-order valence-electron chi connectivity index (χ1n) is 5.99. The third-order valence-corrected chi connectivity index (χ3v) is 3.19. The van der Waals surface area contributed by atoms with Gasteiger partial charge in [0.15, 0.2) is 5.16 Å². The molecule has 0 aliphatic carbocycles. The monoisotopic (exact) mass is 302 g/mol. The van der Waals surface area contributed by atoms with Crippen LogP contribution in [0.25, 0.3) is 0 Å². The first-order valence-corrected chi connectivity index (χ1v) is 6.81. The van der Waals surface area contributed by atoms with Gasteiger partial charge >= 0.3 is 6.18 Å². The second-order valence-corrected chi connectivity index (χ2v) is 5.01. The van der Waals surface area contributed by atoms with Gasteiger partial charge in [-0.25, -0.2) is 9.97 Å². The fourth-order valence-corrected chi connectivity index (χ4v) is 2.24. The van der Waals surface area contributed by atoms with E-state index < -0.39 is 11.7 Å². The molecule has 108 valence electrons. The van der Waals surface area contributed by atoms with Crippen LogP contribution in [0.2, 0.25) is 0 Å². The number of aromatic nitrogens is 3. The van der Waals surface area contributed by atoms with Gasteiger partial charge in [-0.1, -0.05) is 6.92 Å². The lowest BCUT2D eigenvalue weighted by Gasteiger charge is -2.11. The highest BCUT2D eigenvalue weighted by Gasteiger charge is 2.31. The number of alkyl halides is 3. The van der Waals surface area contributed by atoms with Crippen molar-refractivity contribution in [1.29, 1.82) is 0 Å². The summed E-state index contributed by atoms with van der Waals surface area (Å²) in [5, 5.41) is 3.61. The first-order chi connectivity index (χ1) is 9.49. The molecule has 2 aromatic heterocycles. The Balaban J connectivity index is 2.29. The Labute approximate surface area is 118 Å². The van der Waals surface area contributed by atoms with E-state index in [-0.39, 0.29) is 10.8 Å². The molecule has 0 amide bonds. The molecule has 8 heteroatoms. The van der Waals surface area contributed by atoms with Crippen LogP contribution in [0.1, 0.15) is 18.9 Å². The standard InChI is InChI=1S/C12H13F3N4S/c1-2-3-16-9-6-8(12(13,14)15)7-10(19-9)20-11-17-4-5-18-11/h4-7H,2-3H2,1H3,(H,16,19)(H,17,18). The quantitative estimate of drug-likeness (QED) is 0.882. The van der Waals surface area contributed by atoms with Gasteiger partial charge < -0.3 is 10.3 Å². The molecule has 0 saturated heterocycles. The van der Waals surface area contributed by atoms with E-state index in [4.69, 9.17) is 0 Å².